The molecule has 0 amide bonds. The lowest BCUT2D eigenvalue weighted by atomic mass is 10.3. The summed E-state index contributed by atoms with van der Waals surface area (Å²) in [6, 6.07) is 9.78. The maximum Gasteiger partial charge on any atom is 0.119 e. The lowest BCUT2D eigenvalue weighted by Gasteiger charge is -2.05. The molecule has 1 rings (SSSR count). The van der Waals surface area contributed by atoms with Crippen LogP contribution in [0.15, 0.2) is 30.3 Å². The average molecular weight is 242 g/mol. The van der Waals surface area contributed by atoms with Crippen LogP contribution in [0, 0.1) is 0 Å². The van der Waals surface area contributed by atoms with Crippen molar-refractivity contribution in [3.05, 3.63) is 30.3 Å². The van der Waals surface area contributed by atoms with Crippen LogP contribution in [0.3, 0.4) is 0 Å². The summed E-state index contributed by atoms with van der Waals surface area (Å²) < 4.78 is 10.7. The molecule has 102 valence electrons. The Balaban J connectivity index is -0.000000464. The van der Waals surface area contributed by atoms with Gasteiger partial charge in [0.05, 0.1) is 6.61 Å². The van der Waals surface area contributed by atoms with Gasteiger partial charge in [-0.05, 0) is 18.6 Å². The molecule has 17 heavy (non-hydrogen) atoms. The van der Waals surface area contributed by atoms with Crippen LogP contribution < -0.4 is 4.74 Å². The van der Waals surface area contributed by atoms with Crippen molar-refractivity contribution in [2.75, 3.05) is 19.8 Å². The monoisotopic (exact) mass is 242 g/mol. The van der Waals surface area contributed by atoms with Crippen LogP contribution in [0.25, 0.3) is 0 Å². The predicted octanol–water partition coefficient (Wildman–Crippen LogP) is 4.79. The van der Waals surface area contributed by atoms with E-state index < -0.39 is 0 Å². The minimum absolute atomic E-state index is 0. The van der Waals surface area contributed by atoms with Crippen molar-refractivity contribution in [2.45, 2.75) is 42.0 Å². The molecule has 0 aliphatic carbocycles. The lowest BCUT2D eigenvalue weighted by molar-refractivity contribution is 0.101. The molecule has 1 aromatic rings. The Bertz CT molecular complexity index is 209. The van der Waals surface area contributed by atoms with E-state index in [1.807, 2.05) is 44.2 Å². The summed E-state index contributed by atoms with van der Waals surface area (Å²) in [4.78, 5) is 0. The lowest BCUT2D eigenvalue weighted by Crippen LogP contribution is -2.06. The standard InChI is InChI=1S/C11H16O2.C2H6.2CH4/c1-2-8-12-9-10-13-11-6-4-3-5-7-11;1-2;;/h3-7H,2,8-10H2,1H3;1-2H3;2*1H4. The molecule has 0 N–H and O–H groups in total. The quantitative estimate of drug-likeness (QED) is 0.668. The summed E-state index contributed by atoms with van der Waals surface area (Å²) in [6.45, 7) is 8.21. The highest BCUT2D eigenvalue weighted by atomic mass is 16.5. The summed E-state index contributed by atoms with van der Waals surface area (Å²) in [5.41, 5.74) is 0. The van der Waals surface area contributed by atoms with Gasteiger partial charge >= 0.3 is 0 Å². The normalized spacial score (nSPS) is 7.94. The average Bonchev–Trinajstić information content (AvgIpc) is 2.33. The second-order valence-electron chi connectivity index (χ2n) is 2.77. The molecule has 0 bridgehead atoms. The van der Waals surface area contributed by atoms with Crippen LogP contribution >= 0.6 is 0 Å². The van der Waals surface area contributed by atoms with E-state index in [1.54, 1.807) is 0 Å². The van der Waals surface area contributed by atoms with Gasteiger partial charge in [0.25, 0.3) is 0 Å². The van der Waals surface area contributed by atoms with E-state index in [2.05, 4.69) is 6.92 Å². The highest BCUT2D eigenvalue weighted by Gasteiger charge is 1.90. The topological polar surface area (TPSA) is 18.5 Å². The second-order valence-corrected chi connectivity index (χ2v) is 2.77. The van der Waals surface area contributed by atoms with Gasteiger partial charge in [0.2, 0.25) is 0 Å². The summed E-state index contributed by atoms with van der Waals surface area (Å²) in [5, 5.41) is 0. The van der Waals surface area contributed by atoms with Crippen molar-refractivity contribution in [1.82, 2.24) is 0 Å². The SMILES string of the molecule is C.C.CC.CCCOCCOc1ccccc1. The van der Waals surface area contributed by atoms with Gasteiger partial charge in [-0.15, -0.1) is 0 Å². The van der Waals surface area contributed by atoms with Gasteiger partial charge in [0.15, 0.2) is 0 Å². The maximum absolute atomic E-state index is 5.43. The fourth-order valence-electron chi connectivity index (χ4n) is 0.982. The van der Waals surface area contributed by atoms with Crippen LogP contribution in [0.1, 0.15) is 42.0 Å². The number of hydrogen-bond donors (Lipinski definition) is 0. The molecule has 0 aromatic heterocycles. The third kappa shape index (κ3) is 12.9. The highest BCUT2D eigenvalue weighted by Crippen LogP contribution is 2.07. The van der Waals surface area contributed by atoms with E-state index in [1.165, 1.54) is 0 Å². The number of benzene rings is 1. The first-order valence-corrected chi connectivity index (χ1v) is 5.69. The van der Waals surface area contributed by atoms with Crippen LogP contribution in [0.2, 0.25) is 0 Å². The third-order valence-corrected chi connectivity index (χ3v) is 1.59. The van der Waals surface area contributed by atoms with Crippen molar-refractivity contribution >= 4 is 0 Å². The molecule has 0 atom stereocenters. The van der Waals surface area contributed by atoms with Gasteiger partial charge in [0.1, 0.15) is 12.4 Å². The molecule has 0 unspecified atom stereocenters. The molecule has 0 spiro atoms. The van der Waals surface area contributed by atoms with Crippen LogP contribution in [0.5, 0.6) is 5.75 Å². The fourth-order valence-corrected chi connectivity index (χ4v) is 0.982. The molecule has 0 radical (unpaired) electrons. The zero-order chi connectivity index (χ0) is 11.4. The van der Waals surface area contributed by atoms with Crippen molar-refractivity contribution in [3.8, 4) is 5.75 Å². The van der Waals surface area contributed by atoms with Crippen LogP contribution in [0.4, 0.5) is 0 Å². The minimum Gasteiger partial charge on any atom is -0.491 e. The van der Waals surface area contributed by atoms with Gasteiger partial charge in [0, 0.05) is 6.61 Å². The van der Waals surface area contributed by atoms with E-state index in [0.717, 1.165) is 18.8 Å². The Hall–Kier alpha value is -1.02. The first kappa shape index (κ1) is 21.3. The zero-order valence-electron chi connectivity index (χ0n) is 10.0. The summed E-state index contributed by atoms with van der Waals surface area (Å²) in [7, 11) is 0. The first-order chi connectivity index (χ1) is 7.43. The van der Waals surface area contributed by atoms with Gasteiger partial charge in [-0.1, -0.05) is 53.8 Å². The molecular formula is C15H30O2. The van der Waals surface area contributed by atoms with Crippen LogP contribution in [-0.2, 0) is 4.74 Å². The van der Waals surface area contributed by atoms with Crippen molar-refractivity contribution in [2.24, 2.45) is 0 Å². The maximum atomic E-state index is 5.43. The molecular weight excluding hydrogens is 212 g/mol. The molecule has 0 heterocycles. The van der Waals surface area contributed by atoms with Gasteiger partial charge < -0.3 is 9.47 Å². The molecule has 0 saturated heterocycles. The highest BCUT2D eigenvalue weighted by molar-refractivity contribution is 5.20. The van der Waals surface area contributed by atoms with Gasteiger partial charge in [-0.3, -0.25) is 0 Å². The van der Waals surface area contributed by atoms with E-state index in [-0.39, 0.29) is 14.9 Å². The Labute approximate surface area is 108 Å². The van der Waals surface area contributed by atoms with Gasteiger partial charge in [-0.2, -0.15) is 0 Å². The predicted molar refractivity (Wildman–Crippen MR) is 77.9 cm³/mol. The number of rotatable bonds is 6. The summed E-state index contributed by atoms with van der Waals surface area (Å²) in [6.07, 6.45) is 1.06. The Morgan fingerprint density at radius 2 is 1.47 bits per heavy atom. The Morgan fingerprint density at radius 1 is 0.882 bits per heavy atom. The summed E-state index contributed by atoms with van der Waals surface area (Å²) >= 11 is 0. The molecule has 2 heteroatoms. The largest absolute Gasteiger partial charge is 0.491 e. The molecule has 0 fully saturated rings. The number of hydrogen-bond acceptors (Lipinski definition) is 2. The van der Waals surface area contributed by atoms with Gasteiger partial charge in [-0.25, -0.2) is 0 Å². The minimum atomic E-state index is 0. The zero-order valence-corrected chi connectivity index (χ0v) is 10.0. The fraction of sp³-hybridized carbons (Fsp3) is 0.600. The molecule has 1 aromatic carbocycles. The molecule has 0 saturated carbocycles. The number of ether oxygens (including phenoxy) is 2. The Morgan fingerprint density at radius 3 is 2.00 bits per heavy atom. The first-order valence-electron chi connectivity index (χ1n) is 5.69. The smallest absolute Gasteiger partial charge is 0.119 e. The van der Waals surface area contributed by atoms with Crippen molar-refractivity contribution < 1.29 is 9.47 Å². The van der Waals surface area contributed by atoms with Crippen LogP contribution in [-0.4, -0.2) is 19.8 Å². The third-order valence-electron chi connectivity index (χ3n) is 1.59. The Kier molecular flexibility index (Phi) is 21.8. The van der Waals surface area contributed by atoms with Crippen molar-refractivity contribution in [3.63, 3.8) is 0 Å². The van der Waals surface area contributed by atoms with E-state index >= 15 is 0 Å². The summed E-state index contributed by atoms with van der Waals surface area (Å²) in [5.74, 6) is 0.905. The molecule has 0 aliphatic rings. The number of para-hydroxylation sites is 1. The molecule has 2 nitrogen and oxygen atoms in total. The molecule has 0 aliphatic heterocycles. The van der Waals surface area contributed by atoms with E-state index in [4.69, 9.17) is 9.47 Å². The second kappa shape index (κ2) is 17.4. The van der Waals surface area contributed by atoms with E-state index in [9.17, 15) is 0 Å². The van der Waals surface area contributed by atoms with E-state index in [0.29, 0.717) is 13.2 Å². The van der Waals surface area contributed by atoms with Crippen molar-refractivity contribution in [1.29, 1.82) is 0 Å².